The highest BCUT2D eigenvalue weighted by Crippen LogP contribution is 2.30. The number of alkyl halides is 3. The van der Waals surface area contributed by atoms with E-state index in [2.05, 4.69) is 16.2 Å². The van der Waals surface area contributed by atoms with Gasteiger partial charge in [0.15, 0.2) is 0 Å². The highest BCUT2D eigenvalue weighted by atomic mass is 35.5. The first-order chi connectivity index (χ1) is 6.93. The lowest BCUT2D eigenvalue weighted by molar-refractivity contribution is -0.141. The highest BCUT2D eigenvalue weighted by Gasteiger charge is 2.33. The zero-order valence-corrected chi connectivity index (χ0v) is 8.15. The van der Waals surface area contributed by atoms with Crippen molar-refractivity contribution in [1.29, 1.82) is 0 Å². The zero-order chi connectivity index (χ0) is 11.5. The lowest BCUT2D eigenvalue weighted by Gasteiger charge is -2.09. The molecule has 6 heteroatoms. The van der Waals surface area contributed by atoms with E-state index in [1.165, 1.54) is 6.07 Å². The summed E-state index contributed by atoms with van der Waals surface area (Å²) in [6.07, 6.45) is 0.439. The Kier molecular flexibility index (Phi) is 3.43. The molecule has 0 aliphatic heterocycles. The van der Waals surface area contributed by atoms with Crippen LogP contribution in [0.25, 0.3) is 0 Å². The molecule has 0 aromatic carbocycles. The predicted octanol–water partition coefficient (Wildman–Crippen LogP) is 2.80. The molecule has 0 bridgehead atoms. The molecular formula is C9H6ClF3N2. The van der Waals surface area contributed by atoms with Crippen molar-refractivity contribution in [3.8, 4) is 12.3 Å². The van der Waals surface area contributed by atoms with Crippen molar-refractivity contribution >= 4 is 17.3 Å². The lowest BCUT2D eigenvalue weighted by Crippen LogP contribution is -2.09. The van der Waals surface area contributed by atoms with Gasteiger partial charge in [-0.05, 0) is 12.1 Å². The molecule has 1 heterocycles. The predicted molar refractivity (Wildman–Crippen MR) is 51.6 cm³/mol. The maximum Gasteiger partial charge on any atom is 0.433 e. The molecule has 1 aromatic rings. The van der Waals surface area contributed by atoms with E-state index < -0.39 is 11.9 Å². The van der Waals surface area contributed by atoms with Crippen molar-refractivity contribution in [3.63, 3.8) is 0 Å². The number of pyridine rings is 1. The fraction of sp³-hybridized carbons (Fsp3) is 0.222. The molecule has 0 unspecified atom stereocenters. The SMILES string of the molecule is C#CCNc1cc(Cl)nc(C(F)(F)F)c1. The van der Waals surface area contributed by atoms with E-state index in [0.717, 1.165) is 6.07 Å². The minimum Gasteiger partial charge on any atom is -0.374 e. The maximum absolute atomic E-state index is 12.3. The van der Waals surface area contributed by atoms with E-state index in [9.17, 15) is 13.2 Å². The lowest BCUT2D eigenvalue weighted by atomic mass is 10.3. The molecule has 1 N–H and O–H groups in total. The van der Waals surface area contributed by atoms with Gasteiger partial charge in [-0.25, -0.2) is 4.98 Å². The first kappa shape index (κ1) is 11.7. The van der Waals surface area contributed by atoms with Crippen LogP contribution in [-0.4, -0.2) is 11.5 Å². The Morgan fingerprint density at radius 1 is 1.47 bits per heavy atom. The maximum atomic E-state index is 12.3. The average molecular weight is 235 g/mol. The van der Waals surface area contributed by atoms with Crippen LogP contribution in [0.3, 0.4) is 0 Å². The van der Waals surface area contributed by atoms with Gasteiger partial charge in [-0.3, -0.25) is 0 Å². The summed E-state index contributed by atoms with van der Waals surface area (Å²) in [5, 5.41) is 2.35. The van der Waals surface area contributed by atoms with Crippen LogP contribution >= 0.6 is 11.6 Å². The Balaban J connectivity index is 3.01. The van der Waals surface area contributed by atoms with Crippen molar-refractivity contribution in [1.82, 2.24) is 4.98 Å². The standard InChI is InChI=1S/C9H6ClF3N2/c1-2-3-14-6-4-7(9(11,12)13)15-8(10)5-6/h1,4-5H,3H2,(H,14,15). The number of nitrogens with zero attached hydrogens (tertiary/aromatic N) is 1. The van der Waals surface area contributed by atoms with Crippen LogP contribution in [-0.2, 0) is 6.18 Å². The van der Waals surface area contributed by atoms with Crippen LogP contribution in [0.15, 0.2) is 12.1 Å². The van der Waals surface area contributed by atoms with E-state index in [1.807, 2.05) is 0 Å². The highest BCUT2D eigenvalue weighted by molar-refractivity contribution is 6.29. The van der Waals surface area contributed by atoms with Gasteiger partial charge in [0.1, 0.15) is 10.8 Å². The normalized spacial score (nSPS) is 10.9. The molecule has 1 rings (SSSR count). The third kappa shape index (κ3) is 3.33. The first-order valence-corrected chi connectivity index (χ1v) is 4.23. The topological polar surface area (TPSA) is 24.9 Å². The summed E-state index contributed by atoms with van der Waals surface area (Å²) in [6, 6.07) is 2.12. The Hall–Kier alpha value is -1.41. The molecule has 0 atom stereocenters. The quantitative estimate of drug-likeness (QED) is 0.629. The second kappa shape index (κ2) is 4.41. The summed E-state index contributed by atoms with van der Waals surface area (Å²) in [6.45, 7) is 0.123. The van der Waals surface area contributed by atoms with Gasteiger partial charge in [0.25, 0.3) is 0 Å². The first-order valence-electron chi connectivity index (χ1n) is 3.85. The van der Waals surface area contributed by atoms with Crippen molar-refractivity contribution in [3.05, 3.63) is 23.0 Å². The van der Waals surface area contributed by atoms with Gasteiger partial charge in [0, 0.05) is 5.69 Å². The third-order valence-electron chi connectivity index (χ3n) is 1.48. The zero-order valence-electron chi connectivity index (χ0n) is 7.40. The van der Waals surface area contributed by atoms with E-state index in [-0.39, 0.29) is 17.4 Å². The average Bonchev–Trinajstić information content (AvgIpc) is 2.12. The molecular weight excluding hydrogens is 229 g/mol. The van der Waals surface area contributed by atoms with Crippen molar-refractivity contribution in [2.24, 2.45) is 0 Å². The summed E-state index contributed by atoms with van der Waals surface area (Å²) < 4.78 is 36.8. The number of halogens is 4. The monoisotopic (exact) mass is 234 g/mol. The summed E-state index contributed by atoms with van der Waals surface area (Å²) in [7, 11) is 0. The van der Waals surface area contributed by atoms with Gasteiger partial charge in [-0.2, -0.15) is 13.2 Å². The van der Waals surface area contributed by atoms with Gasteiger partial charge < -0.3 is 5.32 Å². The van der Waals surface area contributed by atoms with Crippen LogP contribution in [0.5, 0.6) is 0 Å². The van der Waals surface area contributed by atoms with E-state index in [1.54, 1.807) is 0 Å². The van der Waals surface area contributed by atoms with E-state index in [4.69, 9.17) is 18.0 Å². The Labute approximate surface area is 89.5 Å². The summed E-state index contributed by atoms with van der Waals surface area (Å²) in [5.41, 5.74) is -0.852. The molecule has 0 fully saturated rings. The molecule has 15 heavy (non-hydrogen) atoms. The van der Waals surface area contributed by atoms with Crippen LogP contribution in [0.4, 0.5) is 18.9 Å². The molecule has 0 aliphatic rings. The molecule has 0 radical (unpaired) electrons. The third-order valence-corrected chi connectivity index (χ3v) is 1.67. The van der Waals surface area contributed by atoms with Crippen LogP contribution in [0, 0.1) is 12.3 Å². The van der Waals surface area contributed by atoms with E-state index in [0.29, 0.717) is 0 Å². The number of terminal acetylenes is 1. The Morgan fingerprint density at radius 3 is 2.67 bits per heavy atom. The van der Waals surface area contributed by atoms with Gasteiger partial charge in [-0.15, -0.1) is 6.42 Å². The summed E-state index contributed by atoms with van der Waals surface area (Å²) >= 11 is 5.43. The number of rotatable bonds is 2. The molecule has 1 aromatic heterocycles. The number of nitrogens with one attached hydrogen (secondary N) is 1. The van der Waals surface area contributed by atoms with Crippen molar-refractivity contribution < 1.29 is 13.2 Å². The van der Waals surface area contributed by atoms with Gasteiger partial charge in [-0.1, -0.05) is 17.5 Å². The molecule has 80 valence electrons. The van der Waals surface area contributed by atoms with Crippen molar-refractivity contribution in [2.45, 2.75) is 6.18 Å². The van der Waals surface area contributed by atoms with E-state index >= 15 is 0 Å². The van der Waals surface area contributed by atoms with Gasteiger partial charge >= 0.3 is 6.18 Å². The summed E-state index contributed by atoms with van der Waals surface area (Å²) in [4.78, 5) is 3.16. The number of aromatic nitrogens is 1. The smallest absolute Gasteiger partial charge is 0.374 e. The van der Waals surface area contributed by atoms with Crippen LogP contribution in [0.2, 0.25) is 5.15 Å². The fourth-order valence-electron chi connectivity index (χ4n) is 0.897. The Morgan fingerprint density at radius 2 is 2.13 bits per heavy atom. The minimum absolute atomic E-state index is 0.123. The molecule has 0 saturated carbocycles. The summed E-state index contributed by atoms with van der Waals surface area (Å²) in [5.74, 6) is 2.24. The molecule has 0 saturated heterocycles. The van der Waals surface area contributed by atoms with Gasteiger partial charge in [0.05, 0.1) is 6.54 Å². The van der Waals surface area contributed by atoms with Crippen LogP contribution in [0.1, 0.15) is 5.69 Å². The Bertz CT molecular complexity index is 395. The minimum atomic E-state index is -4.52. The largest absolute Gasteiger partial charge is 0.433 e. The molecule has 0 amide bonds. The molecule has 0 aliphatic carbocycles. The number of hydrogen-bond donors (Lipinski definition) is 1. The molecule has 0 spiro atoms. The second-order valence-electron chi connectivity index (χ2n) is 2.62. The number of anilines is 1. The second-order valence-corrected chi connectivity index (χ2v) is 3.01. The fourth-order valence-corrected chi connectivity index (χ4v) is 1.11. The number of hydrogen-bond acceptors (Lipinski definition) is 2. The van der Waals surface area contributed by atoms with Gasteiger partial charge in [0.2, 0.25) is 0 Å². The molecule has 2 nitrogen and oxygen atoms in total. The van der Waals surface area contributed by atoms with Crippen LogP contribution < -0.4 is 5.32 Å². The van der Waals surface area contributed by atoms with Crippen molar-refractivity contribution in [2.75, 3.05) is 11.9 Å².